The Labute approximate surface area is 218 Å². The quantitative estimate of drug-likeness (QED) is 0.237. The zero-order valence-corrected chi connectivity index (χ0v) is 21.0. The maximum Gasteiger partial charge on any atom is 0.276 e. The van der Waals surface area contributed by atoms with Crippen LogP contribution in [0.5, 0.6) is 0 Å². The number of anilines is 2. The van der Waals surface area contributed by atoms with Crippen LogP contribution < -0.4 is 22.6 Å². The summed E-state index contributed by atoms with van der Waals surface area (Å²) in [5.41, 5.74) is 14.4. The van der Waals surface area contributed by atoms with Gasteiger partial charge in [0.25, 0.3) is 5.56 Å². The number of nitrogens with two attached hydrogens (primary N) is 2. The molecule has 0 radical (unpaired) electrons. The molecule has 38 heavy (non-hydrogen) atoms. The minimum absolute atomic E-state index is 0.130. The third-order valence-corrected chi connectivity index (χ3v) is 6.75. The maximum absolute atomic E-state index is 13.7. The van der Waals surface area contributed by atoms with Crippen molar-refractivity contribution in [2.45, 2.75) is 6.92 Å². The van der Waals surface area contributed by atoms with Gasteiger partial charge in [0, 0.05) is 12.6 Å². The summed E-state index contributed by atoms with van der Waals surface area (Å²) in [6.07, 6.45) is 0. The van der Waals surface area contributed by atoms with Crippen molar-refractivity contribution in [2.24, 2.45) is 12.9 Å². The van der Waals surface area contributed by atoms with Crippen LogP contribution in [0.1, 0.15) is 5.56 Å². The molecule has 0 aliphatic rings. The summed E-state index contributed by atoms with van der Waals surface area (Å²) in [4.78, 5) is 22.8. The number of para-hydroxylation sites is 1. The first-order valence-electron chi connectivity index (χ1n) is 12.1. The van der Waals surface area contributed by atoms with Gasteiger partial charge in [0.2, 0.25) is 5.95 Å². The minimum atomic E-state index is -0.130. The second kappa shape index (κ2) is 9.06. The van der Waals surface area contributed by atoms with Crippen LogP contribution in [0.25, 0.3) is 44.9 Å². The van der Waals surface area contributed by atoms with Gasteiger partial charge in [-0.3, -0.25) is 19.5 Å². The standard InChI is InChI=1S/C29H26N8O/c1-18-27(35(2)37(28(18)38)21-16-10-5-11-17-21)36-24(20-14-8-4-9-15-20)22(19-12-6-3-7-13-19)23-25(30)32-29(34-31)33-26(23)36/h3-17H,31H2,1-2H3,(H3,30,32,33,34). The van der Waals surface area contributed by atoms with E-state index in [2.05, 4.69) is 10.4 Å². The number of nitrogen functional groups attached to an aromatic ring is 2. The molecule has 0 amide bonds. The largest absolute Gasteiger partial charge is 0.383 e. The molecule has 0 atom stereocenters. The van der Waals surface area contributed by atoms with E-state index in [1.807, 2.05) is 114 Å². The summed E-state index contributed by atoms with van der Waals surface area (Å²) in [5, 5.41) is 0.674. The second-order valence-electron chi connectivity index (χ2n) is 8.99. The Morgan fingerprint density at radius 3 is 2.00 bits per heavy atom. The molecular formula is C29H26N8O. The van der Waals surface area contributed by atoms with Crippen molar-refractivity contribution in [1.82, 2.24) is 23.9 Å². The summed E-state index contributed by atoms with van der Waals surface area (Å²) in [5.74, 6) is 6.85. The molecule has 3 heterocycles. The topological polar surface area (TPSA) is 122 Å². The predicted molar refractivity (Wildman–Crippen MR) is 151 cm³/mol. The molecule has 0 saturated carbocycles. The Hall–Kier alpha value is -5.15. The van der Waals surface area contributed by atoms with Crippen LogP contribution in [0.2, 0.25) is 0 Å². The lowest BCUT2D eigenvalue weighted by Crippen LogP contribution is -2.20. The molecular weight excluding hydrogens is 476 g/mol. The van der Waals surface area contributed by atoms with Gasteiger partial charge in [0.1, 0.15) is 11.6 Å². The Kier molecular flexibility index (Phi) is 5.54. The van der Waals surface area contributed by atoms with Gasteiger partial charge >= 0.3 is 0 Å². The van der Waals surface area contributed by atoms with Crippen molar-refractivity contribution >= 4 is 22.8 Å². The molecule has 6 aromatic rings. The molecule has 9 heteroatoms. The van der Waals surface area contributed by atoms with Crippen LogP contribution in [0.15, 0.2) is 95.8 Å². The van der Waals surface area contributed by atoms with Crippen molar-refractivity contribution in [3.8, 4) is 33.9 Å². The lowest BCUT2D eigenvalue weighted by atomic mass is 9.99. The molecule has 188 valence electrons. The van der Waals surface area contributed by atoms with E-state index in [1.54, 1.807) is 4.68 Å². The molecule has 0 bridgehead atoms. The normalized spacial score (nSPS) is 11.2. The lowest BCUT2D eigenvalue weighted by molar-refractivity contribution is 0.632. The van der Waals surface area contributed by atoms with Crippen molar-refractivity contribution in [2.75, 3.05) is 11.2 Å². The van der Waals surface area contributed by atoms with Gasteiger partial charge < -0.3 is 5.73 Å². The molecule has 0 spiro atoms. The van der Waals surface area contributed by atoms with Crippen LogP contribution in [0, 0.1) is 6.92 Å². The van der Waals surface area contributed by atoms with E-state index >= 15 is 0 Å². The maximum atomic E-state index is 13.7. The molecule has 3 aromatic carbocycles. The monoisotopic (exact) mass is 502 g/mol. The number of hydrogen-bond donors (Lipinski definition) is 3. The van der Waals surface area contributed by atoms with Crippen molar-refractivity contribution in [3.63, 3.8) is 0 Å². The average Bonchev–Trinajstić information content (AvgIpc) is 3.40. The lowest BCUT2D eigenvalue weighted by Gasteiger charge is -2.16. The van der Waals surface area contributed by atoms with E-state index < -0.39 is 0 Å². The fourth-order valence-electron chi connectivity index (χ4n) is 5.13. The number of nitrogens with one attached hydrogen (secondary N) is 1. The SMILES string of the molecule is Cc1c(-n2c(-c3ccccc3)c(-c3ccccc3)c3c(N)nc(NN)nc32)n(C)n(-c2ccccc2)c1=O. The highest BCUT2D eigenvalue weighted by atomic mass is 16.1. The number of hydrogen-bond acceptors (Lipinski definition) is 6. The van der Waals surface area contributed by atoms with E-state index in [-0.39, 0.29) is 17.3 Å². The first kappa shape index (κ1) is 23.3. The van der Waals surface area contributed by atoms with E-state index in [4.69, 9.17) is 16.6 Å². The second-order valence-corrected chi connectivity index (χ2v) is 8.99. The van der Waals surface area contributed by atoms with Gasteiger partial charge in [-0.25, -0.2) is 10.5 Å². The number of benzene rings is 3. The molecule has 0 aliphatic carbocycles. The Balaban J connectivity index is 1.84. The Morgan fingerprint density at radius 2 is 1.39 bits per heavy atom. The number of hydrazine groups is 1. The fourth-order valence-corrected chi connectivity index (χ4v) is 5.13. The smallest absolute Gasteiger partial charge is 0.276 e. The van der Waals surface area contributed by atoms with E-state index in [0.717, 1.165) is 28.1 Å². The third kappa shape index (κ3) is 3.48. The van der Waals surface area contributed by atoms with E-state index in [9.17, 15) is 4.79 Å². The van der Waals surface area contributed by atoms with E-state index in [1.165, 1.54) is 0 Å². The summed E-state index contributed by atoms with van der Waals surface area (Å²) in [6, 6.07) is 29.5. The van der Waals surface area contributed by atoms with Gasteiger partial charge in [-0.1, -0.05) is 78.9 Å². The first-order valence-corrected chi connectivity index (χ1v) is 12.1. The van der Waals surface area contributed by atoms with Gasteiger partial charge in [-0.05, 0) is 30.2 Å². The van der Waals surface area contributed by atoms with Crippen LogP contribution >= 0.6 is 0 Å². The number of fused-ring (bicyclic) bond motifs is 1. The molecule has 6 rings (SSSR count). The number of nitrogens with zero attached hydrogens (tertiary/aromatic N) is 5. The Morgan fingerprint density at radius 1 is 0.816 bits per heavy atom. The highest BCUT2D eigenvalue weighted by Crippen LogP contribution is 2.44. The Bertz CT molecular complexity index is 1840. The molecule has 0 saturated heterocycles. The molecule has 0 aliphatic heterocycles. The summed E-state index contributed by atoms with van der Waals surface area (Å²) >= 11 is 0. The van der Waals surface area contributed by atoms with Gasteiger partial charge in [0.05, 0.1) is 22.3 Å². The summed E-state index contributed by atoms with van der Waals surface area (Å²) in [7, 11) is 1.87. The zero-order valence-electron chi connectivity index (χ0n) is 21.0. The van der Waals surface area contributed by atoms with E-state index in [0.29, 0.717) is 22.4 Å². The minimum Gasteiger partial charge on any atom is -0.383 e. The molecule has 0 unspecified atom stereocenters. The van der Waals surface area contributed by atoms with Crippen molar-refractivity contribution in [1.29, 1.82) is 0 Å². The number of rotatable bonds is 5. The van der Waals surface area contributed by atoms with Gasteiger partial charge in [-0.15, -0.1) is 0 Å². The predicted octanol–water partition coefficient (Wildman–Crippen LogP) is 4.42. The van der Waals surface area contributed by atoms with Gasteiger partial charge in [0.15, 0.2) is 5.65 Å². The zero-order chi connectivity index (χ0) is 26.4. The number of aromatic nitrogens is 5. The van der Waals surface area contributed by atoms with Crippen LogP contribution in [0.4, 0.5) is 11.8 Å². The highest BCUT2D eigenvalue weighted by Gasteiger charge is 2.29. The van der Waals surface area contributed by atoms with Crippen molar-refractivity contribution < 1.29 is 0 Å². The van der Waals surface area contributed by atoms with Crippen molar-refractivity contribution in [3.05, 3.63) is 107 Å². The fraction of sp³-hybridized carbons (Fsp3) is 0.0690. The first-order chi connectivity index (χ1) is 18.5. The average molecular weight is 503 g/mol. The molecule has 0 fully saturated rings. The highest BCUT2D eigenvalue weighted by molar-refractivity contribution is 6.09. The van der Waals surface area contributed by atoms with Crippen LogP contribution in [0.3, 0.4) is 0 Å². The van der Waals surface area contributed by atoms with Crippen LogP contribution in [-0.4, -0.2) is 23.9 Å². The van der Waals surface area contributed by atoms with Crippen LogP contribution in [-0.2, 0) is 7.05 Å². The molecule has 3 aromatic heterocycles. The summed E-state index contributed by atoms with van der Waals surface area (Å²) in [6.45, 7) is 1.83. The molecule has 5 N–H and O–H groups in total. The van der Waals surface area contributed by atoms with Gasteiger partial charge in [-0.2, -0.15) is 9.97 Å². The molecule has 9 nitrogen and oxygen atoms in total. The summed E-state index contributed by atoms with van der Waals surface area (Å²) < 4.78 is 5.49. The third-order valence-electron chi connectivity index (χ3n) is 6.75.